The van der Waals surface area contributed by atoms with Crippen molar-refractivity contribution in [3.8, 4) is 0 Å². The monoisotopic (exact) mass is 231 g/mol. The first-order valence-electron chi connectivity index (χ1n) is 6.70. The van der Waals surface area contributed by atoms with Crippen LogP contribution in [0, 0.1) is 0 Å². The van der Waals surface area contributed by atoms with E-state index in [1.807, 2.05) is 0 Å². The molecule has 2 heteroatoms. The number of hydrogen-bond acceptors (Lipinski definition) is 2. The van der Waals surface area contributed by atoms with E-state index in [9.17, 15) is 0 Å². The first kappa shape index (κ1) is 11.2. The van der Waals surface area contributed by atoms with Gasteiger partial charge in [0, 0.05) is 6.61 Å². The van der Waals surface area contributed by atoms with Crippen molar-refractivity contribution >= 4 is 0 Å². The Morgan fingerprint density at radius 3 is 2.82 bits per heavy atom. The van der Waals surface area contributed by atoms with E-state index in [4.69, 9.17) is 10.5 Å². The molecule has 0 spiro atoms. The molecule has 0 aromatic heterocycles. The number of nitrogens with two attached hydrogens (primary N) is 1. The normalized spacial score (nSPS) is 29.3. The second-order valence-corrected chi connectivity index (χ2v) is 5.62. The minimum absolute atomic E-state index is 0.0101. The van der Waals surface area contributed by atoms with Crippen LogP contribution in [0.25, 0.3) is 0 Å². The van der Waals surface area contributed by atoms with Gasteiger partial charge in [-0.1, -0.05) is 18.2 Å². The van der Waals surface area contributed by atoms with Gasteiger partial charge in [0.15, 0.2) is 0 Å². The Hall–Kier alpha value is -0.860. The van der Waals surface area contributed by atoms with Gasteiger partial charge in [-0.3, -0.25) is 0 Å². The molecular formula is C15H21NO. The largest absolute Gasteiger partial charge is 0.373 e. The molecule has 1 aromatic carbocycles. The molecule has 17 heavy (non-hydrogen) atoms. The van der Waals surface area contributed by atoms with E-state index in [2.05, 4.69) is 25.1 Å². The van der Waals surface area contributed by atoms with E-state index >= 15 is 0 Å². The van der Waals surface area contributed by atoms with Gasteiger partial charge in [0.25, 0.3) is 0 Å². The molecule has 0 radical (unpaired) electrons. The lowest BCUT2D eigenvalue weighted by molar-refractivity contribution is -0.00174. The number of aryl methyl sites for hydroxylation is 2. The predicted molar refractivity (Wildman–Crippen MR) is 69.0 cm³/mol. The van der Waals surface area contributed by atoms with Gasteiger partial charge in [-0.05, 0) is 55.7 Å². The van der Waals surface area contributed by atoms with Crippen LogP contribution >= 0.6 is 0 Å². The molecule has 0 amide bonds. The Bertz CT molecular complexity index is 421. The molecule has 3 rings (SSSR count). The highest BCUT2D eigenvalue weighted by Gasteiger charge is 2.37. The molecule has 2 nitrogen and oxygen atoms in total. The standard InChI is InChI=1S/C15H21NO/c1-15(8-3-9-17-15)14(16)13-7-6-11-4-2-5-12(11)10-13/h6-7,10,14H,2-5,8-9,16H2,1H3. The number of rotatable bonds is 2. The molecule has 0 bridgehead atoms. The molecule has 0 saturated carbocycles. The van der Waals surface area contributed by atoms with Crippen LogP contribution in [0.3, 0.4) is 0 Å². The molecule has 1 aromatic rings. The topological polar surface area (TPSA) is 35.2 Å². The Balaban J connectivity index is 1.88. The van der Waals surface area contributed by atoms with Crippen LogP contribution in [0.5, 0.6) is 0 Å². The third kappa shape index (κ3) is 1.90. The Kier molecular flexibility index (Phi) is 2.72. The lowest BCUT2D eigenvalue weighted by Crippen LogP contribution is -2.37. The first-order chi connectivity index (χ1) is 8.19. The lowest BCUT2D eigenvalue weighted by Gasteiger charge is -2.31. The van der Waals surface area contributed by atoms with Crippen LogP contribution in [0.4, 0.5) is 0 Å². The predicted octanol–water partition coefficient (Wildman–Crippen LogP) is 2.74. The molecule has 1 saturated heterocycles. The van der Waals surface area contributed by atoms with Crippen LogP contribution < -0.4 is 5.73 Å². The zero-order valence-corrected chi connectivity index (χ0v) is 10.5. The molecule has 2 atom stereocenters. The lowest BCUT2D eigenvalue weighted by atomic mass is 9.87. The molecule has 2 aliphatic rings. The van der Waals surface area contributed by atoms with Crippen molar-refractivity contribution in [1.29, 1.82) is 0 Å². The zero-order valence-electron chi connectivity index (χ0n) is 10.5. The highest BCUT2D eigenvalue weighted by molar-refractivity contribution is 5.37. The summed E-state index contributed by atoms with van der Waals surface area (Å²) in [5, 5.41) is 0. The summed E-state index contributed by atoms with van der Waals surface area (Å²) in [4.78, 5) is 0. The van der Waals surface area contributed by atoms with Crippen LogP contribution in [0.2, 0.25) is 0 Å². The highest BCUT2D eigenvalue weighted by Crippen LogP contribution is 2.37. The van der Waals surface area contributed by atoms with Crippen molar-refractivity contribution in [2.45, 2.75) is 50.7 Å². The summed E-state index contributed by atoms with van der Waals surface area (Å²) in [6.07, 6.45) is 5.95. The fourth-order valence-electron chi connectivity index (χ4n) is 3.18. The molecule has 2 N–H and O–H groups in total. The summed E-state index contributed by atoms with van der Waals surface area (Å²) in [6.45, 7) is 3.01. The van der Waals surface area contributed by atoms with E-state index in [0.29, 0.717) is 0 Å². The van der Waals surface area contributed by atoms with Crippen LogP contribution in [-0.2, 0) is 17.6 Å². The first-order valence-corrected chi connectivity index (χ1v) is 6.70. The third-order valence-corrected chi connectivity index (χ3v) is 4.39. The smallest absolute Gasteiger partial charge is 0.0847 e. The molecule has 92 valence electrons. The average molecular weight is 231 g/mol. The third-order valence-electron chi connectivity index (χ3n) is 4.39. The summed E-state index contributed by atoms with van der Waals surface area (Å²) >= 11 is 0. The second kappa shape index (κ2) is 4.11. The van der Waals surface area contributed by atoms with E-state index in [-0.39, 0.29) is 11.6 Å². The summed E-state index contributed by atoms with van der Waals surface area (Å²) in [5.74, 6) is 0. The van der Waals surface area contributed by atoms with Gasteiger partial charge in [0.1, 0.15) is 0 Å². The quantitative estimate of drug-likeness (QED) is 0.849. The fourth-order valence-corrected chi connectivity index (χ4v) is 3.18. The number of ether oxygens (including phenoxy) is 1. The SMILES string of the molecule is CC1(C(N)c2ccc3c(c2)CCC3)CCCO1. The maximum atomic E-state index is 6.40. The van der Waals surface area contributed by atoms with Crippen molar-refractivity contribution in [1.82, 2.24) is 0 Å². The van der Waals surface area contributed by atoms with Gasteiger partial charge in [0.05, 0.1) is 11.6 Å². The maximum absolute atomic E-state index is 6.40. The van der Waals surface area contributed by atoms with Gasteiger partial charge in [-0.2, -0.15) is 0 Å². The number of hydrogen-bond donors (Lipinski definition) is 1. The summed E-state index contributed by atoms with van der Waals surface area (Å²) < 4.78 is 5.85. The van der Waals surface area contributed by atoms with Gasteiger partial charge >= 0.3 is 0 Å². The van der Waals surface area contributed by atoms with E-state index in [0.717, 1.165) is 19.4 Å². The molecule has 1 aliphatic heterocycles. The van der Waals surface area contributed by atoms with Crippen molar-refractivity contribution < 1.29 is 4.74 Å². The zero-order chi connectivity index (χ0) is 11.9. The van der Waals surface area contributed by atoms with E-state index < -0.39 is 0 Å². The number of fused-ring (bicyclic) bond motifs is 1. The highest BCUT2D eigenvalue weighted by atomic mass is 16.5. The fraction of sp³-hybridized carbons (Fsp3) is 0.600. The minimum atomic E-state index is -0.160. The average Bonchev–Trinajstić information content (AvgIpc) is 2.96. The van der Waals surface area contributed by atoms with Gasteiger partial charge in [-0.25, -0.2) is 0 Å². The van der Waals surface area contributed by atoms with Crippen LogP contribution in [0.15, 0.2) is 18.2 Å². The van der Waals surface area contributed by atoms with Crippen molar-refractivity contribution in [2.24, 2.45) is 5.73 Å². The Labute approximate surface area is 103 Å². The van der Waals surface area contributed by atoms with Crippen molar-refractivity contribution in [2.75, 3.05) is 6.61 Å². The van der Waals surface area contributed by atoms with Crippen molar-refractivity contribution in [3.05, 3.63) is 34.9 Å². The molecular weight excluding hydrogens is 210 g/mol. The summed E-state index contributed by atoms with van der Waals surface area (Å²) in [7, 11) is 0. The molecule has 2 unspecified atom stereocenters. The van der Waals surface area contributed by atoms with Crippen LogP contribution in [-0.4, -0.2) is 12.2 Å². The second-order valence-electron chi connectivity index (χ2n) is 5.62. The van der Waals surface area contributed by atoms with Gasteiger partial charge in [-0.15, -0.1) is 0 Å². The summed E-state index contributed by atoms with van der Waals surface area (Å²) in [5.41, 5.74) is 10.5. The number of benzene rings is 1. The van der Waals surface area contributed by atoms with E-state index in [1.165, 1.54) is 36.0 Å². The Morgan fingerprint density at radius 2 is 2.06 bits per heavy atom. The van der Waals surface area contributed by atoms with Crippen molar-refractivity contribution in [3.63, 3.8) is 0 Å². The van der Waals surface area contributed by atoms with E-state index in [1.54, 1.807) is 0 Å². The van der Waals surface area contributed by atoms with Gasteiger partial charge < -0.3 is 10.5 Å². The Morgan fingerprint density at radius 1 is 1.24 bits per heavy atom. The molecule has 1 fully saturated rings. The van der Waals surface area contributed by atoms with Gasteiger partial charge in [0.2, 0.25) is 0 Å². The molecule has 1 aliphatic carbocycles. The minimum Gasteiger partial charge on any atom is -0.373 e. The maximum Gasteiger partial charge on any atom is 0.0847 e. The van der Waals surface area contributed by atoms with Crippen LogP contribution in [0.1, 0.15) is 48.9 Å². The molecule has 1 heterocycles. The summed E-state index contributed by atoms with van der Waals surface area (Å²) in [6, 6.07) is 6.77.